The third kappa shape index (κ3) is 37.2. The van der Waals surface area contributed by atoms with Gasteiger partial charge in [0.1, 0.15) is 42.5 Å². The molecule has 12 atom stereocenters. The molecule has 0 spiro atoms. The minimum absolute atomic E-state index is 0.00603. The van der Waals surface area contributed by atoms with Gasteiger partial charge in [-0.25, -0.2) is 0 Å². The van der Waals surface area contributed by atoms with Crippen molar-refractivity contribution in [2.75, 3.05) is 158 Å². The average Bonchev–Trinajstić information content (AvgIpc) is 1.69. The molecule has 7 N–H and O–H groups in total. The van der Waals surface area contributed by atoms with E-state index in [9.17, 15) is 77.0 Å². The van der Waals surface area contributed by atoms with E-state index in [2.05, 4.69) is 38.8 Å². The molecule has 3 saturated heterocycles. The van der Waals surface area contributed by atoms with Gasteiger partial charge in [-0.05, 0) is 78.4 Å². The molecule has 137 heavy (non-hydrogen) atoms. The van der Waals surface area contributed by atoms with E-state index in [4.69, 9.17) is 90.0 Å². The first-order valence-corrected chi connectivity index (χ1v) is 45.3. The Morgan fingerprint density at radius 1 is 0.401 bits per heavy atom. The van der Waals surface area contributed by atoms with E-state index in [0.717, 1.165) is 97.8 Å². The van der Waals surface area contributed by atoms with Crippen LogP contribution in [0.1, 0.15) is 171 Å². The van der Waals surface area contributed by atoms with Crippen molar-refractivity contribution in [1.82, 2.24) is 31.5 Å². The second kappa shape index (κ2) is 58.0. The first kappa shape index (κ1) is 112. The molecule has 756 valence electrons. The Hall–Kier alpha value is -11.9. The quantitative estimate of drug-likeness (QED) is 0.0139. The summed E-state index contributed by atoms with van der Waals surface area (Å²) in [5.74, 6) is -8.31. The highest BCUT2D eigenvalue weighted by Crippen LogP contribution is 2.50. The number of hydrogen-bond donors (Lipinski definition) is 7. The minimum atomic E-state index is -1.44. The lowest BCUT2D eigenvalue weighted by molar-refractivity contribution is -0.309. The molecule has 0 radical (unpaired) electrons. The molecular weight excluding hydrogens is 1800 g/mol. The van der Waals surface area contributed by atoms with Crippen LogP contribution in [0.15, 0.2) is 97.1 Å². The second-order valence-electron chi connectivity index (χ2n) is 33.1. The van der Waals surface area contributed by atoms with Crippen LogP contribution in [0.25, 0.3) is 0 Å². The third-order valence-corrected chi connectivity index (χ3v) is 22.3. The van der Waals surface area contributed by atoms with Gasteiger partial charge in [-0.3, -0.25) is 71.9 Å². The van der Waals surface area contributed by atoms with Crippen molar-refractivity contribution < 1.29 is 167 Å². The molecule has 4 aromatic rings. The van der Waals surface area contributed by atoms with Crippen molar-refractivity contribution in [2.45, 2.75) is 200 Å². The van der Waals surface area contributed by atoms with Crippen LogP contribution in [-0.2, 0) is 148 Å². The number of anilines is 1. The molecule has 3 aliphatic heterocycles. The van der Waals surface area contributed by atoms with Crippen LogP contribution in [0.2, 0.25) is 0 Å². The van der Waals surface area contributed by atoms with E-state index >= 15 is 0 Å². The van der Waals surface area contributed by atoms with Gasteiger partial charge in [0.25, 0.3) is 11.8 Å². The maximum absolute atomic E-state index is 13.9. The summed E-state index contributed by atoms with van der Waals surface area (Å²) in [5, 5.41) is 26.8. The molecule has 0 aromatic heterocycles. The highest BCUT2D eigenvalue weighted by atomic mass is 16.8. The minimum Gasteiger partial charge on any atom is -0.497 e. The Kier molecular flexibility index (Phi) is 47.5. The summed E-state index contributed by atoms with van der Waals surface area (Å²) in [5.41, 5.74) is 0.0436. The number of benzene rings is 4. The lowest BCUT2D eigenvalue weighted by Crippen LogP contribution is -2.63. The monoisotopic (exact) mass is 1930 g/mol. The zero-order chi connectivity index (χ0) is 100. The molecule has 42 nitrogen and oxygen atoms in total. The number of aliphatic hydroxyl groups excluding tert-OH is 1. The van der Waals surface area contributed by atoms with Crippen molar-refractivity contribution in [3.05, 3.63) is 125 Å². The Labute approximate surface area is 795 Å². The molecule has 4 aromatic carbocycles. The van der Waals surface area contributed by atoms with E-state index in [1.54, 1.807) is 14.2 Å². The fourth-order valence-corrected chi connectivity index (χ4v) is 15.3. The van der Waals surface area contributed by atoms with Gasteiger partial charge < -0.3 is 132 Å². The van der Waals surface area contributed by atoms with Crippen LogP contribution in [0.5, 0.6) is 11.5 Å². The van der Waals surface area contributed by atoms with E-state index in [0.29, 0.717) is 43.9 Å². The van der Waals surface area contributed by atoms with Gasteiger partial charge in [0, 0.05) is 135 Å². The van der Waals surface area contributed by atoms with Gasteiger partial charge in [-0.15, -0.1) is 0 Å². The fraction of sp³-hybridized carbons (Fsp3) is 0.589. The molecule has 0 aliphatic carbocycles. The van der Waals surface area contributed by atoms with E-state index in [1.807, 2.05) is 90.7 Å². The van der Waals surface area contributed by atoms with Gasteiger partial charge in [0.05, 0.1) is 107 Å². The van der Waals surface area contributed by atoms with Crippen LogP contribution in [-0.4, -0.2) is 313 Å². The number of carbonyl (C=O) groups excluding carboxylic acids is 15. The van der Waals surface area contributed by atoms with E-state index in [1.165, 1.54) is 18.2 Å². The van der Waals surface area contributed by atoms with Crippen molar-refractivity contribution in [3.8, 4) is 11.5 Å². The summed E-state index contributed by atoms with van der Waals surface area (Å²) in [6, 6.07) is 29.4. The molecule has 3 heterocycles. The molecule has 3 aliphatic rings. The Bertz CT molecular complexity index is 4410. The van der Waals surface area contributed by atoms with Crippen LogP contribution in [0.4, 0.5) is 5.69 Å². The normalized spacial score (nSPS) is 20.5. The number of nitrogens with one attached hydrogen (secondary N) is 6. The number of aliphatic hydroxyl groups is 1. The zero-order valence-corrected chi connectivity index (χ0v) is 79.7. The van der Waals surface area contributed by atoms with Gasteiger partial charge in [-0.2, -0.15) is 0 Å². The lowest BCUT2D eigenvalue weighted by Gasteiger charge is -2.44. The first-order chi connectivity index (χ1) is 65.5. The molecule has 7 amide bonds. The number of amides is 7. The van der Waals surface area contributed by atoms with Crippen LogP contribution >= 0.6 is 0 Å². The molecule has 0 bridgehead atoms. The molecule has 0 saturated carbocycles. The van der Waals surface area contributed by atoms with Gasteiger partial charge in [-0.1, -0.05) is 94.1 Å². The molecule has 3 fully saturated rings. The number of hydrogen-bond acceptors (Lipinski definition) is 35. The molecule has 0 unspecified atom stereocenters. The molecular formula is C95H131N7O35. The van der Waals surface area contributed by atoms with E-state index < -0.39 is 175 Å². The first-order valence-electron chi connectivity index (χ1n) is 45.3. The number of rotatable bonds is 59. The Morgan fingerprint density at radius 2 is 0.788 bits per heavy atom. The van der Waals surface area contributed by atoms with Gasteiger partial charge >= 0.3 is 47.8 Å². The smallest absolute Gasteiger partial charge is 0.303 e. The third-order valence-electron chi connectivity index (χ3n) is 22.3. The fourth-order valence-electron chi connectivity index (χ4n) is 15.3. The Morgan fingerprint density at radius 3 is 1.22 bits per heavy atom. The number of methoxy groups -OCH3 is 2. The van der Waals surface area contributed by atoms with E-state index in [-0.39, 0.29) is 153 Å². The van der Waals surface area contributed by atoms with Crippen molar-refractivity contribution in [2.24, 2.45) is 10.8 Å². The zero-order valence-electron chi connectivity index (χ0n) is 79.7. The summed E-state index contributed by atoms with van der Waals surface area (Å²) >= 11 is 0. The molecule has 42 heteroatoms. The summed E-state index contributed by atoms with van der Waals surface area (Å²) < 4.78 is 107. The number of nitrogens with zero attached hydrogens (tertiary/aromatic N) is 1. The standard InChI is InChI=1S/C95H131N7O35/c1-60(104)127-54-76-83(130-62(3)106)85(132-64(5)108)87(134-66(7)110)91(136-76)125-47-45-123-43-41-121-39-37-97-89(117)68-49-69(90(118)98-38-40-122-42-44-124-46-48-126-92-88(135-67(8)111)86(133-65(6)109)84(131-63(4)107)77(137-92)55-128-61(2)105)51-73(50-68)101-81(115)53-100-79(113)26-22-36-96-80(114)52-99-78(112)25-20-15-13-14-16-21-27-82(116)102-56-93(9,58-103)94(10,57-102)59-129-95(70-23-18-17-19-24-70,71-28-32-74(119-11)33-29-71)72-30-34-75(120-12)35-31-72/h17-19,23-24,28-35,49-51,76-77,83-88,91-92,103H,13-16,20-22,25-27,36-48,52-59H2,1-12H3,(H,96,114)(H,97,117)(H,98,118)(H,99,112)(H,100,113)(H,101,115)/t76-,77-,83-,84-,85+,86+,87+,88+,91+,92+,93+,94-/m1/s1. The summed E-state index contributed by atoms with van der Waals surface area (Å²) in [6.07, 6.45) is -8.72. The number of unbranched alkanes of at least 4 members (excludes halogenated alkanes) is 5. The largest absolute Gasteiger partial charge is 0.497 e. The number of likely N-dealkylation sites (tertiary alicyclic amines) is 1. The predicted molar refractivity (Wildman–Crippen MR) is 482 cm³/mol. The molecule has 7 rings (SSSR count). The number of esters is 8. The van der Waals surface area contributed by atoms with Crippen LogP contribution in [0.3, 0.4) is 0 Å². The van der Waals surface area contributed by atoms with Gasteiger partial charge in [0.2, 0.25) is 29.5 Å². The highest BCUT2D eigenvalue weighted by molar-refractivity contribution is 6.03. The van der Waals surface area contributed by atoms with Crippen molar-refractivity contribution in [3.63, 3.8) is 0 Å². The average molecular weight is 1930 g/mol. The maximum Gasteiger partial charge on any atom is 0.303 e. The van der Waals surface area contributed by atoms with Crippen LogP contribution < -0.4 is 41.4 Å². The predicted octanol–water partition coefficient (Wildman–Crippen LogP) is 4.47. The van der Waals surface area contributed by atoms with Crippen molar-refractivity contribution in [1.29, 1.82) is 0 Å². The van der Waals surface area contributed by atoms with Gasteiger partial charge in [0.15, 0.2) is 49.2 Å². The SMILES string of the molecule is COc1ccc(C(OC[C@@]2(C)CN(C(=O)CCCCCCCCC(=O)NCC(=O)NCCCC(=O)NCC(=O)Nc3cc(C(=O)NCCOCCOCCO[C@H]4O[C@H](COC(C)=O)[C@@H](OC(C)=O)[C@H](OC(C)=O)[C@@H]4OC(C)=O)cc(C(=O)NCCOCCOCCO[C@H]4O[C@H](COC(C)=O)[C@@H](OC(C)=O)[C@H](OC(C)=O)[C@@H]4OC(C)=O)c3)C[C@@]2(C)CO)(c2ccccc2)c2ccc(OC)cc2)cc1. The maximum atomic E-state index is 13.9. The van der Waals surface area contributed by atoms with Crippen LogP contribution in [0, 0.1) is 10.8 Å². The topological polar surface area (TPSA) is 527 Å². The lowest BCUT2D eigenvalue weighted by atomic mass is 9.68. The second-order valence-corrected chi connectivity index (χ2v) is 33.1. The van der Waals surface area contributed by atoms with Crippen molar-refractivity contribution >= 4 is 94.8 Å². The summed E-state index contributed by atoms with van der Waals surface area (Å²) in [7, 11) is 3.23. The number of carbonyl (C=O) groups is 15. The Balaban J connectivity index is 0.821. The highest BCUT2D eigenvalue weighted by Gasteiger charge is 2.57. The summed E-state index contributed by atoms with van der Waals surface area (Å²) in [4.78, 5) is 192. The summed E-state index contributed by atoms with van der Waals surface area (Å²) in [6.45, 7) is 11.3. The number of ether oxygens (including phenoxy) is 19.